The molecule has 3 aromatic rings. The molecular formula is C22H26N4O2S2. The van der Waals surface area contributed by atoms with Gasteiger partial charge in [0.2, 0.25) is 10.0 Å². The lowest BCUT2D eigenvalue weighted by Crippen LogP contribution is -2.53. The number of piperidine rings is 2. The number of benzene rings is 1. The van der Waals surface area contributed by atoms with Gasteiger partial charge in [0, 0.05) is 32.4 Å². The molecule has 1 aromatic carbocycles. The van der Waals surface area contributed by atoms with E-state index in [1.807, 2.05) is 24.4 Å². The topological polar surface area (TPSA) is 66.4 Å². The van der Waals surface area contributed by atoms with Gasteiger partial charge in [0.25, 0.3) is 0 Å². The van der Waals surface area contributed by atoms with Crippen molar-refractivity contribution in [3.05, 3.63) is 53.8 Å². The highest BCUT2D eigenvalue weighted by Gasteiger charge is 2.42. The minimum Gasteiger partial charge on any atom is -0.297 e. The van der Waals surface area contributed by atoms with E-state index in [9.17, 15) is 8.42 Å². The first-order valence-corrected chi connectivity index (χ1v) is 12.8. The number of pyridine rings is 1. The van der Waals surface area contributed by atoms with E-state index in [1.54, 1.807) is 21.9 Å². The Bertz CT molecular complexity index is 1130. The standard InChI is InChI=1S/C22H26N4O2S2/c27-30(28,19-6-7-20-21(13-19)29-17-24-20)26-12-4-9-22(16-26)8-3-11-25(15-22)14-18-5-1-2-10-23-18/h1-2,5-7,10,13,17H,3-4,8-9,11-12,14-16H2. The van der Waals surface area contributed by atoms with E-state index in [0.717, 1.165) is 61.2 Å². The number of rotatable bonds is 4. The van der Waals surface area contributed by atoms with Crippen LogP contribution in [0.25, 0.3) is 10.2 Å². The van der Waals surface area contributed by atoms with Gasteiger partial charge in [-0.2, -0.15) is 4.31 Å². The zero-order valence-electron chi connectivity index (χ0n) is 16.9. The molecule has 2 aliphatic rings. The van der Waals surface area contributed by atoms with Gasteiger partial charge < -0.3 is 0 Å². The van der Waals surface area contributed by atoms with Crippen molar-refractivity contribution in [1.29, 1.82) is 0 Å². The van der Waals surface area contributed by atoms with E-state index < -0.39 is 10.0 Å². The molecule has 1 spiro atoms. The molecule has 2 aliphatic heterocycles. The number of nitrogens with zero attached hydrogens (tertiary/aromatic N) is 4. The Balaban J connectivity index is 1.35. The highest BCUT2D eigenvalue weighted by Crippen LogP contribution is 2.40. The van der Waals surface area contributed by atoms with Crippen molar-refractivity contribution < 1.29 is 8.42 Å². The summed E-state index contributed by atoms with van der Waals surface area (Å²) >= 11 is 1.48. The van der Waals surface area contributed by atoms with Crippen molar-refractivity contribution in [2.45, 2.75) is 37.1 Å². The fourth-order valence-corrected chi connectivity index (χ4v) is 7.42. The average molecular weight is 443 g/mol. The summed E-state index contributed by atoms with van der Waals surface area (Å²) in [6.07, 6.45) is 6.04. The van der Waals surface area contributed by atoms with Gasteiger partial charge in [-0.1, -0.05) is 6.07 Å². The molecule has 0 N–H and O–H groups in total. The Labute approximate surface area is 181 Å². The van der Waals surface area contributed by atoms with Crippen LogP contribution >= 0.6 is 11.3 Å². The minimum atomic E-state index is -3.50. The van der Waals surface area contributed by atoms with Crippen LogP contribution < -0.4 is 0 Å². The number of aromatic nitrogens is 2. The molecule has 1 atom stereocenters. The number of sulfonamides is 1. The second-order valence-corrected chi connectivity index (χ2v) is 11.4. The quantitative estimate of drug-likeness (QED) is 0.616. The second-order valence-electron chi connectivity index (χ2n) is 8.56. The van der Waals surface area contributed by atoms with Crippen LogP contribution in [-0.4, -0.2) is 53.8 Å². The second kappa shape index (κ2) is 8.00. The summed E-state index contributed by atoms with van der Waals surface area (Å²) in [5.74, 6) is 0. The SMILES string of the molecule is O=S(=O)(c1ccc2ncsc2c1)N1CCCC2(CCCN(Cc3ccccn3)C2)C1. The number of hydrogen-bond acceptors (Lipinski definition) is 6. The largest absolute Gasteiger partial charge is 0.297 e. The highest BCUT2D eigenvalue weighted by atomic mass is 32.2. The Kier molecular flexibility index (Phi) is 5.35. The van der Waals surface area contributed by atoms with Gasteiger partial charge in [-0.25, -0.2) is 13.4 Å². The van der Waals surface area contributed by atoms with Crippen molar-refractivity contribution in [1.82, 2.24) is 19.2 Å². The van der Waals surface area contributed by atoms with Crippen LogP contribution in [-0.2, 0) is 16.6 Å². The predicted molar refractivity (Wildman–Crippen MR) is 119 cm³/mol. The van der Waals surface area contributed by atoms with Crippen molar-refractivity contribution >= 4 is 31.6 Å². The number of likely N-dealkylation sites (tertiary alicyclic amines) is 1. The average Bonchev–Trinajstić information content (AvgIpc) is 3.23. The molecule has 1 unspecified atom stereocenters. The first-order chi connectivity index (χ1) is 14.5. The van der Waals surface area contributed by atoms with Gasteiger partial charge in [-0.3, -0.25) is 9.88 Å². The van der Waals surface area contributed by atoms with Crippen molar-refractivity contribution in [2.75, 3.05) is 26.2 Å². The fraction of sp³-hybridized carbons (Fsp3) is 0.455. The first-order valence-electron chi connectivity index (χ1n) is 10.5. The molecule has 0 radical (unpaired) electrons. The van der Waals surface area contributed by atoms with E-state index in [2.05, 4.69) is 20.9 Å². The highest BCUT2D eigenvalue weighted by molar-refractivity contribution is 7.89. The monoisotopic (exact) mass is 442 g/mol. The molecule has 0 bridgehead atoms. The summed E-state index contributed by atoms with van der Waals surface area (Å²) < 4.78 is 29.5. The molecule has 0 saturated carbocycles. The summed E-state index contributed by atoms with van der Waals surface area (Å²) in [7, 11) is -3.50. The van der Waals surface area contributed by atoms with Gasteiger partial charge in [0.15, 0.2) is 0 Å². The molecule has 4 heterocycles. The van der Waals surface area contributed by atoms with Gasteiger partial charge in [-0.15, -0.1) is 11.3 Å². The van der Waals surface area contributed by atoms with E-state index in [0.29, 0.717) is 18.0 Å². The fourth-order valence-electron chi connectivity index (χ4n) is 5.01. The van der Waals surface area contributed by atoms with Crippen LogP contribution in [0.1, 0.15) is 31.4 Å². The summed E-state index contributed by atoms with van der Waals surface area (Å²) in [6.45, 7) is 4.02. The maximum absolute atomic E-state index is 13.4. The summed E-state index contributed by atoms with van der Waals surface area (Å²) in [5, 5.41) is 0. The van der Waals surface area contributed by atoms with Crippen LogP contribution in [0.2, 0.25) is 0 Å². The Morgan fingerprint density at radius 2 is 1.90 bits per heavy atom. The molecule has 158 valence electrons. The number of fused-ring (bicyclic) bond motifs is 1. The van der Waals surface area contributed by atoms with Gasteiger partial charge >= 0.3 is 0 Å². The summed E-state index contributed by atoms with van der Waals surface area (Å²) in [4.78, 5) is 11.6. The van der Waals surface area contributed by atoms with Crippen LogP contribution in [0.5, 0.6) is 0 Å². The van der Waals surface area contributed by atoms with Crippen LogP contribution in [0, 0.1) is 5.41 Å². The van der Waals surface area contributed by atoms with Crippen molar-refractivity contribution in [3.8, 4) is 0 Å². The Morgan fingerprint density at radius 1 is 1.03 bits per heavy atom. The zero-order valence-corrected chi connectivity index (χ0v) is 18.5. The minimum absolute atomic E-state index is 0.0347. The third kappa shape index (κ3) is 3.89. The molecule has 0 amide bonds. The normalized spacial score (nSPS) is 23.9. The molecule has 8 heteroatoms. The van der Waals surface area contributed by atoms with E-state index >= 15 is 0 Å². The number of hydrogen-bond donors (Lipinski definition) is 0. The van der Waals surface area contributed by atoms with E-state index in [-0.39, 0.29) is 5.41 Å². The lowest BCUT2D eigenvalue weighted by Gasteiger charge is -2.48. The van der Waals surface area contributed by atoms with Crippen LogP contribution in [0.4, 0.5) is 0 Å². The lowest BCUT2D eigenvalue weighted by molar-refractivity contribution is 0.0356. The molecule has 2 aromatic heterocycles. The third-order valence-corrected chi connectivity index (χ3v) is 9.05. The van der Waals surface area contributed by atoms with Crippen molar-refractivity contribution in [3.63, 3.8) is 0 Å². The molecule has 6 nitrogen and oxygen atoms in total. The maximum atomic E-state index is 13.4. The summed E-state index contributed by atoms with van der Waals surface area (Å²) in [5.41, 5.74) is 3.72. The molecule has 2 fully saturated rings. The zero-order chi connectivity index (χ0) is 20.6. The third-order valence-electron chi connectivity index (χ3n) is 6.42. The molecule has 2 saturated heterocycles. The Hall–Kier alpha value is -1.87. The lowest BCUT2D eigenvalue weighted by atomic mass is 9.74. The van der Waals surface area contributed by atoms with Gasteiger partial charge in [-0.05, 0) is 68.0 Å². The van der Waals surface area contributed by atoms with E-state index in [1.165, 1.54) is 11.3 Å². The Morgan fingerprint density at radius 3 is 2.73 bits per heavy atom. The van der Waals surface area contributed by atoms with Gasteiger partial charge in [0.05, 0.1) is 26.3 Å². The predicted octanol–water partition coefficient (Wildman–Crippen LogP) is 3.76. The maximum Gasteiger partial charge on any atom is 0.243 e. The van der Waals surface area contributed by atoms with Gasteiger partial charge in [0.1, 0.15) is 0 Å². The van der Waals surface area contributed by atoms with Crippen molar-refractivity contribution in [2.24, 2.45) is 5.41 Å². The number of thiazole rings is 1. The smallest absolute Gasteiger partial charge is 0.243 e. The van der Waals surface area contributed by atoms with E-state index in [4.69, 9.17) is 0 Å². The molecular weight excluding hydrogens is 416 g/mol. The molecule has 0 aliphatic carbocycles. The van der Waals surface area contributed by atoms with Crippen LogP contribution in [0.3, 0.4) is 0 Å². The van der Waals surface area contributed by atoms with Crippen LogP contribution in [0.15, 0.2) is 53.0 Å². The summed E-state index contributed by atoms with van der Waals surface area (Å²) in [6, 6.07) is 11.3. The molecule has 5 rings (SSSR count). The molecule has 30 heavy (non-hydrogen) atoms. The first kappa shape index (κ1) is 20.1.